The lowest BCUT2D eigenvalue weighted by molar-refractivity contribution is -0.132. The van der Waals surface area contributed by atoms with Crippen LogP contribution in [-0.4, -0.2) is 48.0 Å². The van der Waals surface area contributed by atoms with Crippen LogP contribution in [0.1, 0.15) is 32.3 Å². The van der Waals surface area contributed by atoms with Crippen molar-refractivity contribution in [3.8, 4) is 11.5 Å². The number of methoxy groups -OCH3 is 1. The van der Waals surface area contributed by atoms with Crippen LogP contribution in [0.4, 0.5) is 5.13 Å². The Hall–Kier alpha value is -2.87. The third-order valence-electron chi connectivity index (χ3n) is 4.68. The molecule has 8 heteroatoms. The van der Waals surface area contributed by atoms with Crippen molar-refractivity contribution in [1.82, 2.24) is 9.88 Å². The minimum absolute atomic E-state index is 0.189. The first kappa shape index (κ1) is 21.8. The van der Waals surface area contributed by atoms with Crippen LogP contribution in [0, 0.1) is 5.92 Å². The number of hydrogen-bond acceptors (Lipinski definition) is 6. The smallest absolute Gasteiger partial charge is 0.248 e. The fraction of sp³-hybridized carbons (Fsp3) is 0.409. The molecule has 160 valence electrons. The molecule has 1 unspecified atom stereocenters. The predicted molar refractivity (Wildman–Crippen MR) is 118 cm³/mol. The minimum Gasteiger partial charge on any atom is -0.493 e. The van der Waals surface area contributed by atoms with Gasteiger partial charge >= 0.3 is 0 Å². The molecule has 1 aliphatic rings. The highest BCUT2D eigenvalue weighted by Gasteiger charge is 2.33. The summed E-state index contributed by atoms with van der Waals surface area (Å²) in [5, 5.41) is 5.12. The van der Waals surface area contributed by atoms with Crippen molar-refractivity contribution >= 4 is 34.4 Å². The van der Waals surface area contributed by atoms with Crippen molar-refractivity contribution in [2.45, 2.75) is 32.7 Å². The molecule has 1 aliphatic heterocycles. The van der Waals surface area contributed by atoms with Gasteiger partial charge in [-0.15, -0.1) is 11.3 Å². The van der Waals surface area contributed by atoms with E-state index >= 15 is 0 Å². The largest absolute Gasteiger partial charge is 0.493 e. The summed E-state index contributed by atoms with van der Waals surface area (Å²) in [6, 6.07) is 5.06. The average Bonchev–Trinajstić information content (AvgIpc) is 3.42. The van der Waals surface area contributed by atoms with Crippen molar-refractivity contribution in [1.29, 1.82) is 0 Å². The maximum absolute atomic E-state index is 12.7. The summed E-state index contributed by atoms with van der Waals surface area (Å²) in [4.78, 5) is 30.9. The van der Waals surface area contributed by atoms with Gasteiger partial charge in [0.2, 0.25) is 11.8 Å². The SMILES string of the molecule is COc1cc(/C=C/C(=O)N2CCCC2C(=O)Nc2nccs2)ccc1OCC(C)C. The summed E-state index contributed by atoms with van der Waals surface area (Å²) in [5.74, 6) is 1.32. The van der Waals surface area contributed by atoms with E-state index in [1.54, 1.807) is 29.7 Å². The van der Waals surface area contributed by atoms with Gasteiger partial charge in [-0.1, -0.05) is 19.9 Å². The van der Waals surface area contributed by atoms with Gasteiger partial charge in [0.1, 0.15) is 6.04 Å². The van der Waals surface area contributed by atoms with Crippen molar-refractivity contribution in [2.75, 3.05) is 25.6 Å². The van der Waals surface area contributed by atoms with Crippen molar-refractivity contribution < 1.29 is 19.1 Å². The van der Waals surface area contributed by atoms with Gasteiger partial charge in [-0.05, 0) is 42.5 Å². The van der Waals surface area contributed by atoms with Crippen LogP contribution in [0.25, 0.3) is 6.08 Å². The van der Waals surface area contributed by atoms with Gasteiger partial charge in [0.05, 0.1) is 13.7 Å². The number of hydrogen-bond donors (Lipinski definition) is 1. The molecule has 1 saturated heterocycles. The third kappa shape index (κ3) is 5.60. The monoisotopic (exact) mass is 429 g/mol. The summed E-state index contributed by atoms with van der Waals surface area (Å²) >= 11 is 1.35. The Balaban J connectivity index is 1.64. The number of anilines is 1. The number of likely N-dealkylation sites (tertiary alicyclic amines) is 1. The molecule has 0 radical (unpaired) electrons. The van der Waals surface area contributed by atoms with E-state index in [1.807, 2.05) is 18.2 Å². The summed E-state index contributed by atoms with van der Waals surface area (Å²) in [6.07, 6.45) is 6.30. The molecule has 30 heavy (non-hydrogen) atoms. The van der Waals surface area contributed by atoms with E-state index in [0.717, 1.165) is 12.0 Å². The molecule has 2 aromatic rings. The molecule has 7 nitrogen and oxygen atoms in total. The second-order valence-electron chi connectivity index (χ2n) is 7.46. The zero-order valence-corrected chi connectivity index (χ0v) is 18.3. The lowest BCUT2D eigenvalue weighted by Crippen LogP contribution is -2.42. The molecule has 1 fully saturated rings. The molecule has 1 aromatic heterocycles. The zero-order chi connectivity index (χ0) is 21.5. The predicted octanol–water partition coefficient (Wildman–Crippen LogP) is 3.83. The van der Waals surface area contributed by atoms with E-state index in [1.165, 1.54) is 17.4 Å². The normalized spacial score (nSPS) is 16.3. The Labute approximate surface area is 180 Å². The summed E-state index contributed by atoms with van der Waals surface area (Å²) in [5.41, 5.74) is 0.820. The Morgan fingerprint density at radius 2 is 2.20 bits per heavy atom. The lowest BCUT2D eigenvalue weighted by Gasteiger charge is -2.22. The number of amides is 2. The number of carbonyl (C=O) groups excluding carboxylic acids is 2. The van der Waals surface area contributed by atoms with E-state index in [4.69, 9.17) is 9.47 Å². The molecular formula is C22H27N3O4S. The number of nitrogens with zero attached hydrogens (tertiary/aromatic N) is 2. The second-order valence-corrected chi connectivity index (χ2v) is 8.36. The molecule has 0 saturated carbocycles. The quantitative estimate of drug-likeness (QED) is 0.645. The summed E-state index contributed by atoms with van der Waals surface area (Å²) < 4.78 is 11.2. The Morgan fingerprint density at radius 1 is 1.37 bits per heavy atom. The van der Waals surface area contributed by atoms with Gasteiger partial charge in [0, 0.05) is 24.2 Å². The fourth-order valence-corrected chi connectivity index (χ4v) is 3.74. The molecule has 1 aromatic carbocycles. The molecule has 0 aliphatic carbocycles. The number of rotatable bonds is 8. The number of aromatic nitrogens is 1. The highest BCUT2D eigenvalue weighted by Crippen LogP contribution is 2.29. The fourth-order valence-electron chi connectivity index (χ4n) is 3.20. The number of nitrogens with one attached hydrogen (secondary N) is 1. The standard InChI is InChI=1S/C22H27N3O4S/c1-15(2)14-29-18-8-6-16(13-19(18)28-3)7-9-20(26)25-11-4-5-17(25)21(27)24-22-23-10-12-30-22/h6-10,12-13,15,17H,4-5,11,14H2,1-3H3,(H,23,24,27)/b9-7+. The topological polar surface area (TPSA) is 80.8 Å². The molecule has 2 heterocycles. The molecule has 0 spiro atoms. The lowest BCUT2D eigenvalue weighted by atomic mass is 10.1. The first-order valence-electron chi connectivity index (χ1n) is 9.98. The van der Waals surface area contributed by atoms with Gasteiger partial charge in [0.25, 0.3) is 0 Å². The van der Waals surface area contributed by atoms with Crippen LogP contribution >= 0.6 is 11.3 Å². The maximum atomic E-state index is 12.7. The first-order valence-corrected chi connectivity index (χ1v) is 10.9. The van der Waals surface area contributed by atoms with E-state index in [0.29, 0.717) is 42.1 Å². The van der Waals surface area contributed by atoms with Crippen LogP contribution in [-0.2, 0) is 9.59 Å². The van der Waals surface area contributed by atoms with E-state index in [9.17, 15) is 9.59 Å². The molecule has 0 bridgehead atoms. The number of ether oxygens (including phenoxy) is 2. The van der Waals surface area contributed by atoms with E-state index in [2.05, 4.69) is 24.1 Å². The van der Waals surface area contributed by atoms with Gasteiger partial charge in [-0.3, -0.25) is 9.59 Å². The van der Waals surface area contributed by atoms with E-state index in [-0.39, 0.29) is 11.8 Å². The molecule has 1 N–H and O–H groups in total. The molecule has 2 amide bonds. The van der Waals surface area contributed by atoms with Gasteiger partial charge < -0.3 is 19.7 Å². The molecule has 3 rings (SSSR count). The Morgan fingerprint density at radius 3 is 2.90 bits per heavy atom. The molecular weight excluding hydrogens is 402 g/mol. The summed E-state index contributed by atoms with van der Waals surface area (Å²) in [6.45, 7) is 5.32. The Kier molecular flexibility index (Phi) is 7.46. The minimum atomic E-state index is -0.479. The van der Waals surface area contributed by atoms with Crippen molar-refractivity contribution in [3.05, 3.63) is 41.4 Å². The highest BCUT2D eigenvalue weighted by molar-refractivity contribution is 7.13. The first-order chi connectivity index (χ1) is 14.5. The van der Waals surface area contributed by atoms with Crippen LogP contribution in [0.2, 0.25) is 0 Å². The van der Waals surface area contributed by atoms with Crippen molar-refractivity contribution in [3.63, 3.8) is 0 Å². The van der Waals surface area contributed by atoms with Crippen LogP contribution in [0.3, 0.4) is 0 Å². The summed E-state index contributed by atoms with van der Waals surface area (Å²) in [7, 11) is 1.59. The van der Waals surface area contributed by atoms with Gasteiger partial charge in [0.15, 0.2) is 16.6 Å². The van der Waals surface area contributed by atoms with Gasteiger partial charge in [-0.2, -0.15) is 0 Å². The number of thiazole rings is 1. The zero-order valence-electron chi connectivity index (χ0n) is 17.5. The Bertz CT molecular complexity index is 896. The van der Waals surface area contributed by atoms with E-state index < -0.39 is 6.04 Å². The van der Waals surface area contributed by atoms with Crippen LogP contribution in [0.15, 0.2) is 35.9 Å². The second kappa shape index (κ2) is 10.2. The number of benzene rings is 1. The van der Waals surface area contributed by atoms with Crippen LogP contribution < -0.4 is 14.8 Å². The third-order valence-corrected chi connectivity index (χ3v) is 5.37. The number of carbonyl (C=O) groups is 2. The molecule has 1 atom stereocenters. The maximum Gasteiger partial charge on any atom is 0.248 e. The highest BCUT2D eigenvalue weighted by atomic mass is 32.1. The van der Waals surface area contributed by atoms with Gasteiger partial charge in [-0.25, -0.2) is 4.98 Å². The average molecular weight is 430 g/mol. The van der Waals surface area contributed by atoms with Crippen LogP contribution in [0.5, 0.6) is 11.5 Å². The van der Waals surface area contributed by atoms with Crippen molar-refractivity contribution in [2.24, 2.45) is 5.92 Å².